The first-order valence-corrected chi connectivity index (χ1v) is 5.35. The summed E-state index contributed by atoms with van der Waals surface area (Å²) in [4.78, 5) is 9.99. The van der Waals surface area contributed by atoms with Gasteiger partial charge in [-0.1, -0.05) is 0 Å². The zero-order valence-corrected chi connectivity index (χ0v) is 9.58. The van der Waals surface area contributed by atoms with Gasteiger partial charge in [0.1, 0.15) is 6.42 Å². The molecule has 1 heterocycles. The number of aliphatic carboxylic acids is 1. The Hall–Kier alpha value is -0.490. The van der Waals surface area contributed by atoms with Gasteiger partial charge in [-0.15, -0.1) is 11.3 Å². The molecule has 0 fully saturated rings. The molecule has 0 amide bonds. The third-order valence-corrected chi connectivity index (χ3v) is 4.10. The molecule has 0 atom stereocenters. The quantitative estimate of drug-likeness (QED) is 0.924. The van der Waals surface area contributed by atoms with Crippen LogP contribution in [0.25, 0.3) is 0 Å². The summed E-state index contributed by atoms with van der Waals surface area (Å²) in [6.45, 7) is 1.68. The summed E-state index contributed by atoms with van der Waals surface area (Å²) in [5.74, 6) is -4.81. The molecule has 0 radical (unpaired) electrons. The van der Waals surface area contributed by atoms with Crippen LogP contribution in [0, 0.1) is 6.92 Å². The highest BCUT2D eigenvalue weighted by Crippen LogP contribution is 2.41. The molecule has 6 heteroatoms. The monoisotopic (exact) mass is 284 g/mol. The fourth-order valence-corrected chi connectivity index (χ4v) is 2.70. The molecule has 0 bridgehead atoms. The lowest BCUT2D eigenvalue weighted by Gasteiger charge is -2.12. The van der Waals surface area contributed by atoms with E-state index in [1.165, 1.54) is 0 Å². The smallest absolute Gasteiger partial charge is 0.309 e. The number of carboxylic acids is 1. The SMILES string of the molecule is Cc1csc(C(F)(F)CC(=O)O)c1Br. The van der Waals surface area contributed by atoms with Crippen molar-refractivity contribution in [1.29, 1.82) is 0 Å². The molecule has 1 rings (SSSR count). The molecule has 0 aromatic carbocycles. The van der Waals surface area contributed by atoms with Gasteiger partial charge >= 0.3 is 5.97 Å². The van der Waals surface area contributed by atoms with Crippen molar-refractivity contribution in [2.75, 3.05) is 0 Å². The number of halogens is 3. The number of carbonyl (C=O) groups is 1. The fraction of sp³-hybridized carbons (Fsp3) is 0.375. The molecule has 78 valence electrons. The van der Waals surface area contributed by atoms with E-state index in [9.17, 15) is 13.6 Å². The van der Waals surface area contributed by atoms with Gasteiger partial charge in [0.05, 0.1) is 4.88 Å². The molecular weight excluding hydrogens is 278 g/mol. The maximum absolute atomic E-state index is 13.3. The number of rotatable bonds is 3. The normalized spacial score (nSPS) is 11.7. The Morgan fingerprint density at radius 3 is 2.64 bits per heavy atom. The first kappa shape index (κ1) is 11.6. The largest absolute Gasteiger partial charge is 0.481 e. The molecule has 1 aromatic rings. The summed E-state index contributed by atoms with van der Waals surface area (Å²) in [7, 11) is 0. The Morgan fingerprint density at radius 1 is 1.71 bits per heavy atom. The van der Waals surface area contributed by atoms with Gasteiger partial charge in [-0.05, 0) is 33.8 Å². The van der Waals surface area contributed by atoms with E-state index in [1.54, 1.807) is 12.3 Å². The van der Waals surface area contributed by atoms with Crippen LogP contribution in [0.5, 0.6) is 0 Å². The predicted octanol–water partition coefficient (Wildman–Crippen LogP) is 3.39. The van der Waals surface area contributed by atoms with Crippen molar-refractivity contribution in [2.45, 2.75) is 19.3 Å². The van der Waals surface area contributed by atoms with E-state index in [1.807, 2.05) is 0 Å². The van der Waals surface area contributed by atoms with E-state index in [0.29, 0.717) is 10.0 Å². The maximum Gasteiger partial charge on any atom is 0.309 e. The zero-order valence-electron chi connectivity index (χ0n) is 7.18. The highest BCUT2D eigenvalue weighted by Gasteiger charge is 2.38. The molecule has 0 unspecified atom stereocenters. The number of thiophene rings is 1. The maximum atomic E-state index is 13.3. The number of aryl methyl sites for hydroxylation is 1. The van der Waals surface area contributed by atoms with Crippen molar-refractivity contribution in [3.8, 4) is 0 Å². The summed E-state index contributed by atoms with van der Waals surface area (Å²) >= 11 is 3.88. The molecule has 0 aliphatic rings. The first-order chi connectivity index (χ1) is 6.34. The van der Waals surface area contributed by atoms with Gasteiger partial charge in [-0.3, -0.25) is 4.79 Å². The molecule has 14 heavy (non-hydrogen) atoms. The Labute approximate surface area is 91.7 Å². The van der Waals surface area contributed by atoms with Gasteiger partial charge in [0.2, 0.25) is 0 Å². The Morgan fingerprint density at radius 2 is 2.29 bits per heavy atom. The van der Waals surface area contributed by atoms with Crippen molar-refractivity contribution in [3.63, 3.8) is 0 Å². The highest BCUT2D eigenvalue weighted by atomic mass is 79.9. The molecule has 0 saturated carbocycles. The van der Waals surface area contributed by atoms with Gasteiger partial charge < -0.3 is 5.11 Å². The van der Waals surface area contributed by atoms with E-state index >= 15 is 0 Å². The molecule has 1 N–H and O–H groups in total. The molecule has 0 aliphatic heterocycles. The van der Waals surface area contributed by atoms with E-state index < -0.39 is 18.3 Å². The third kappa shape index (κ3) is 2.30. The highest BCUT2D eigenvalue weighted by molar-refractivity contribution is 9.10. The van der Waals surface area contributed by atoms with Crippen LogP contribution in [-0.4, -0.2) is 11.1 Å². The average Bonchev–Trinajstić information content (AvgIpc) is 2.30. The number of alkyl halides is 2. The second-order valence-electron chi connectivity index (χ2n) is 2.84. The molecule has 2 nitrogen and oxygen atoms in total. The molecule has 0 spiro atoms. The van der Waals surface area contributed by atoms with E-state index in [-0.39, 0.29) is 4.88 Å². The molecular formula is C8H7BrF2O2S. The summed E-state index contributed by atoms with van der Waals surface area (Å²) < 4.78 is 26.9. The second kappa shape index (κ2) is 3.94. The lowest BCUT2D eigenvalue weighted by atomic mass is 10.2. The average molecular weight is 285 g/mol. The van der Waals surface area contributed by atoms with Crippen molar-refractivity contribution < 1.29 is 18.7 Å². The van der Waals surface area contributed by atoms with Crippen LogP contribution in [0.3, 0.4) is 0 Å². The van der Waals surface area contributed by atoms with Gasteiger partial charge in [-0.25, -0.2) is 0 Å². The van der Waals surface area contributed by atoms with Crippen LogP contribution in [0.1, 0.15) is 16.9 Å². The van der Waals surface area contributed by atoms with Gasteiger partial charge in [0.25, 0.3) is 5.92 Å². The predicted molar refractivity (Wildman–Crippen MR) is 52.9 cm³/mol. The topological polar surface area (TPSA) is 37.3 Å². The summed E-state index contributed by atoms with van der Waals surface area (Å²) in [5.41, 5.74) is 0.690. The number of hydrogen-bond acceptors (Lipinski definition) is 2. The molecule has 0 saturated heterocycles. The number of hydrogen-bond donors (Lipinski definition) is 1. The zero-order chi connectivity index (χ0) is 10.9. The van der Waals surface area contributed by atoms with Gasteiger partial charge in [0.15, 0.2) is 0 Å². The van der Waals surface area contributed by atoms with Crippen molar-refractivity contribution in [3.05, 3.63) is 20.3 Å². The minimum absolute atomic E-state index is 0.225. The van der Waals surface area contributed by atoms with Crippen LogP contribution in [0.15, 0.2) is 9.85 Å². The Bertz CT molecular complexity index is 362. The Kier molecular flexibility index (Phi) is 3.26. The summed E-state index contributed by atoms with van der Waals surface area (Å²) in [5, 5.41) is 9.88. The Balaban J connectivity index is 3.03. The van der Waals surface area contributed by atoms with Crippen LogP contribution in [-0.2, 0) is 10.7 Å². The second-order valence-corrected chi connectivity index (χ2v) is 4.51. The minimum atomic E-state index is -3.30. The van der Waals surface area contributed by atoms with Crippen molar-refractivity contribution >= 4 is 33.2 Å². The van der Waals surface area contributed by atoms with Crippen LogP contribution in [0.4, 0.5) is 8.78 Å². The molecule has 1 aromatic heterocycles. The summed E-state index contributed by atoms with van der Waals surface area (Å²) in [6, 6.07) is 0. The van der Waals surface area contributed by atoms with Crippen LogP contribution in [0.2, 0.25) is 0 Å². The lowest BCUT2D eigenvalue weighted by Crippen LogP contribution is -2.17. The van der Waals surface area contributed by atoms with Gasteiger partial charge in [0, 0.05) is 4.47 Å². The fourth-order valence-electron chi connectivity index (χ4n) is 0.947. The first-order valence-electron chi connectivity index (χ1n) is 3.68. The van der Waals surface area contributed by atoms with E-state index in [0.717, 1.165) is 11.3 Å². The van der Waals surface area contributed by atoms with Crippen LogP contribution >= 0.6 is 27.3 Å². The van der Waals surface area contributed by atoms with E-state index in [4.69, 9.17) is 5.11 Å². The minimum Gasteiger partial charge on any atom is -0.481 e. The lowest BCUT2D eigenvalue weighted by molar-refractivity contribution is -0.145. The van der Waals surface area contributed by atoms with Crippen molar-refractivity contribution in [1.82, 2.24) is 0 Å². The van der Waals surface area contributed by atoms with E-state index in [2.05, 4.69) is 15.9 Å². The number of carboxylic acid groups (broad SMARTS) is 1. The summed E-state index contributed by atoms with van der Waals surface area (Å²) in [6.07, 6.45) is -1.18. The third-order valence-electron chi connectivity index (χ3n) is 1.60. The van der Waals surface area contributed by atoms with Crippen molar-refractivity contribution in [2.24, 2.45) is 0 Å². The van der Waals surface area contributed by atoms with Crippen LogP contribution < -0.4 is 0 Å². The standard InChI is InChI=1S/C8H7BrF2O2S/c1-4-3-14-7(6(4)9)8(10,11)2-5(12)13/h3H,2H2,1H3,(H,12,13). The van der Waals surface area contributed by atoms with Gasteiger partial charge in [-0.2, -0.15) is 8.78 Å². The molecule has 0 aliphatic carbocycles.